The number of nitrogens with zero attached hydrogens (tertiary/aromatic N) is 2. The van der Waals surface area contributed by atoms with Gasteiger partial charge in [0.1, 0.15) is 0 Å². The molecule has 0 aliphatic heterocycles. The summed E-state index contributed by atoms with van der Waals surface area (Å²) in [4.78, 5) is 29.5. The Kier molecular flexibility index (Phi) is 9.93. The predicted molar refractivity (Wildman–Crippen MR) is 125 cm³/mol. The highest BCUT2D eigenvalue weighted by atomic mass is 16.2. The van der Waals surface area contributed by atoms with Gasteiger partial charge in [-0.15, -0.1) is 0 Å². The van der Waals surface area contributed by atoms with Gasteiger partial charge in [0.05, 0.1) is 0 Å². The second-order valence-electron chi connectivity index (χ2n) is 12.2. The lowest BCUT2D eigenvalue weighted by Crippen LogP contribution is -2.45. The van der Waals surface area contributed by atoms with Gasteiger partial charge in [-0.25, -0.2) is 0 Å². The fraction of sp³-hybridized carbons (Fsp3) is 0.920. The lowest BCUT2D eigenvalue weighted by atomic mass is 9.75. The lowest BCUT2D eigenvalue weighted by molar-refractivity contribution is -0.141. The molecule has 0 aromatic carbocycles. The molecule has 0 unspecified atom stereocenters. The molecule has 172 valence electrons. The van der Waals surface area contributed by atoms with E-state index in [9.17, 15) is 9.59 Å². The van der Waals surface area contributed by atoms with E-state index < -0.39 is 0 Å². The van der Waals surface area contributed by atoms with Crippen LogP contribution in [0.2, 0.25) is 0 Å². The average molecular weight is 411 g/mol. The Morgan fingerprint density at radius 3 is 1.59 bits per heavy atom. The van der Waals surface area contributed by atoms with Crippen molar-refractivity contribution in [3.63, 3.8) is 0 Å². The first-order chi connectivity index (χ1) is 12.8. The molecular weight excluding hydrogens is 360 g/mol. The zero-order chi connectivity index (χ0) is 23.4. The standard InChI is InChI=1S/C25H50N2O2/c1-18(2)16-19(3)26(12)22(29)25(10,11)15-14-24(8,9)17-20(4)27(13)21(28)23(5,6)7/h18-20H,14-17H2,1-13H3/t19-,20+/m1/s1. The van der Waals surface area contributed by atoms with Gasteiger partial charge in [0.15, 0.2) is 0 Å². The number of hydrogen-bond acceptors (Lipinski definition) is 2. The average Bonchev–Trinajstić information content (AvgIpc) is 2.55. The molecule has 0 N–H and O–H groups in total. The number of carbonyl (C=O) groups is 2. The van der Waals surface area contributed by atoms with Crippen LogP contribution in [0.15, 0.2) is 0 Å². The smallest absolute Gasteiger partial charge is 0.228 e. The van der Waals surface area contributed by atoms with Gasteiger partial charge in [0.25, 0.3) is 0 Å². The van der Waals surface area contributed by atoms with Crippen LogP contribution < -0.4 is 0 Å². The maximum Gasteiger partial charge on any atom is 0.228 e. The molecule has 0 heterocycles. The monoisotopic (exact) mass is 410 g/mol. The number of rotatable bonds is 10. The highest BCUT2D eigenvalue weighted by molar-refractivity contribution is 5.82. The molecule has 0 aromatic rings. The van der Waals surface area contributed by atoms with Gasteiger partial charge < -0.3 is 9.80 Å². The van der Waals surface area contributed by atoms with Crippen molar-refractivity contribution in [3.8, 4) is 0 Å². The van der Waals surface area contributed by atoms with Crippen molar-refractivity contribution in [2.75, 3.05) is 14.1 Å². The fourth-order valence-electron chi connectivity index (χ4n) is 4.04. The van der Waals surface area contributed by atoms with Crippen LogP contribution in [0.3, 0.4) is 0 Å². The molecule has 0 aliphatic carbocycles. The summed E-state index contributed by atoms with van der Waals surface area (Å²) in [6.07, 6.45) is 3.76. The number of carbonyl (C=O) groups excluding carboxylic acids is 2. The topological polar surface area (TPSA) is 40.6 Å². The zero-order valence-corrected chi connectivity index (χ0v) is 21.8. The number of hydrogen-bond donors (Lipinski definition) is 0. The molecule has 4 nitrogen and oxygen atoms in total. The van der Waals surface area contributed by atoms with Gasteiger partial charge in [-0.2, -0.15) is 0 Å². The van der Waals surface area contributed by atoms with Crippen molar-refractivity contribution < 1.29 is 9.59 Å². The Morgan fingerprint density at radius 2 is 1.17 bits per heavy atom. The quantitative estimate of drug-likeness (QED) is 0.443. The summed E-state index contributed by atoms with van der Waals surface area (Å²) in [5.74, 6) is 0.989. The normalized spacial score (nSPS) is 15.2. The van der Waals surface area contributed by atoms with Crippen LogP contribution in [0.4, 0.5) is 0 Å². The van der Waals surface area contributed by atoms with E-state index in [-0.39, 0.29) is 40.1 Å². The Balaban J connectivity index is 4.95. The van der Waals surface area contributed by atoms with Crippen LogP contribution in [0, 0.1) is 22.2 Å². The molecule has 0 saturated heterocycles. The first kappa shape index (κ1) is 27.9. The predicted octanol–water partition coefficient (Wildman–Crippen LogP) is 6.00. The summed E-state index contributed by atoms with van der Waals surface area (Å²) < 4.78 is 0. The van der Waals surface area contributed by atoms with Crippen LogP contribution in [0.5, 0.6) is 0 Å². The van der Waals surface area contributed by atoms with E-state index in [1.54, 1.807) is 0 Å². The van der Waals surface area contributed by atoms with Crippen LogP contribution in [-0.2, 0) is 9.59 Å². The molecule has 2 atom stereocenters. The molecule has 29 heavy (non-hydrogen) atoms. The van der Waals surface area contributed by atoms with Gasteiger partial charge >= 0.3 is 0 Å². The lowest BCUT2D eigenvalue weighted by Gasteiger charge is -2.38. The van der Waals surface area contributed by atoms with Crippen molar-refractivity contribution in [2.45, 2.75) is 114 Å². The second-order valence-corrected chi connectivity index (χ2v) is 12.2. The molecule has 0 bridgehead atoms. The van der Waals surface area contributed by atoms with Gasteiger partial charge in [-0.05, 0) is 50.9 Å². The molecule has 0 aromatic heterocycles. The van der Waals surface area contributed by atoms with Crippen molar-refractivity contribution in [2.24, 2.45) is 22.2 Å². The van der Waals surface area contributed by atoms with Crippen molar-refractivity contribution in [1.29, 1.82) is 0 Å². The Labute approximate surface area is 181 Å². The Morgan fingerprint density at radius 1 is 0.724 bits per heavy atom. The molecule has 0 fully saturated rings. The number of amides is 2. The summed E-state index contributed by atoms with van der Waals surface area (Å²) in [5.41, 5.74) is -0.683. The Bertz CT molecular complexity index is 544. The third kappa shape index (κ3) is 9.09. The Hall–Kier alpha value is -1.06. The first-order valence-electron chi connectivity index (χ1n) is 11.4. The molecule has 0 saturated carbocycles. The zero-order valence-electron chi connectivity index (χ0n) is 21.8. The summed E-state index contributed by atoms with van der Waals surface area (Å²) >= 11 is 0. The molecule has 0 aliphatic rings. The molecule has 2 amide bonds. The minimum Gasteiger partial charge on any atom is -0.343 e. The van der Waals surface area contributed by atoms with Gasteiger partial charge in [0.2, 0.25) is 11.8 Å². The molecule has 0 rings (SSSR count). The largest absolute Gasteiger partial charge is 0.343 e. The minimum absolute atomic E-state index is 0.0610. The van der Waals surface area contributed by atoms with E-state index in [1.165, 1.54) is 0 Å². The van der Waals surface area contributed by atoms with E-state index in [0.717, 1.165) is 25.7 Å². The fourth-order valence-corrected chi connectivity index (χ4v) is 4.04. The minimum atomic E-state index is -0.381. The molecule has 0 radical (unpaired) electrons. The molecule has 0 spiro atoms. The van der Waals surface area contributed by atoms with E-state index in [2.05, 4.69) is 55.4 Å². The first-order valence-corrected chi connectivity index (χ1v) is 11.4. The summed E-state index contributed by atoms with van der Waals surface area (Å²) in [6, 6.07) is 0.427. The van der Waals surface area contributed by atoms with Crippen LogP contribution >= 0.6 is 0 Å². The maximum atomic E-state index is 13.1. The van der Waals surface area contributed by atoms with E-state index >= 15 is 0 Å². The van der Waals surface area contributed by atoms with Crippen molar-refractivity contribution in [1.82, 2.24) is 9.80 Å². The van der Waals surface area contributed by atoms with E-state index in [1.807, 2.05) is 44.7 Å². The van der Waals surface area contributed by atoms with Crippen molar-refractivity contribution in [3.05, 3.63) is 0 Å². The second kappa shape index (κ2) is 10.3. The van der Waals surface area contributed by atoms with Gasteiger partial charge in [0, 0.05) is 37.0 Å². The van der Waals surface area contributed by atoms with Crippen molar-refractivity contribution >= 4 is 11.8 Å². The highest BCUT2D eigenvalue weighted by Crippen LogP contribution is 2.36. The van der Waals surface area contributed by atoms with E-state index in [4.69, 9.17) is 0 Å². The van der Waals surface area contributed by atoms with Crippen LogP contribution in [-0.4, -0.2) is 47.8 Å². The highest BCUT2D eigenvalue weighted by Gasteiger charge is 2.35. The molecular formula is C25H50N2O2. The van der Waals surface area contributed by atoms with Crippen LogP contribution in [0.1, 0.15) is 102 Å². The van der Waals surface area contributed by atoms with Gasteiger partial charge in [-0.1, -0.05) is 62.3 Å². The summed E-state index contributed by atoms with van der Waals surface area (Å²) in [7, 11) is 3.85. The van der Waals surface area contributed by atoms with Crippen LogP contribution in [0.25, 0.3) is 0 Å². The van der Waals surface area contributed by atoms with Gasteiger partial charge in [-0.3, -0.25) is 9.59 Å². The third-order valence-electron chi connectivity index (χ3n) is 6.27. The SMILES string of the molecule is CC(C)C[C@@H](C)N(C)C(=O)C(C)(C)CCC(C)(C)C[C@H](C)N(C)C(=O)C(C)(C)C. The summed E-state index contributed by atoms with van der Waals surface area (Å²) in [6.45, 7) is 23.2. The molecule has 4 heteroatoms. The van der Waals surface area contributed by atoms with E-state index in [0.29, 0.717) is 5.92 Å². The summed E-state index contributed by atoms with van der Waals surface area (Å²) in [5, 5.41) is 0. The maximum absolute atomic E-state index is 13.1. The third-order valence-corrected chi connectivity index (χ3v) is 6.27.